The summed E-state index contributed by atoms with van der Waals surface area (Å²) in [7, 11) is 1.91. The van der Waals surface area contributed by atoms with Crippen LogP contribution in [0.2, 0.25) is 0 Å². The molecule has 0 aliphatic heterocycles. The van der Waals surface area contributed by atoms with Gasteiger partial charge in [0.25, 0.3) is 0 Å². The van der Waals surface area contributed by atoms with Crippen LogP contribution in [-0.2, 0) is 7.05 Å². The molecule has 0 saturated heterocycles. The molecule has 25 heavy (non-hydrogen) atoms. The second-order valence-electron chi connectivity index (χ2n) is 5.44. The number of amides is 1. The fraction of sp³-hybridized carbons (Fsp3) is 0.167. The first-order valence-electron chi connectivity index (χ1n) is 7.76. The van der Waals surface area contributed by atoms with E-state index in [0.29, 0.717) is 11.4 Å². The van der Waals surface area contributed by atoms with E-state index in [9.17, 15) is 4.79 Å². The van der Waals surface area contributed by atoms with Crippen LogP contribution in [0.25, 0.3) is 0 Å². The molecule has 0 spiro atoms. The predicted octanol–water partition coefficient (Wildman–Crippen LogP) is 4.28. The molecule has 7 heteroatoms. The number of hydrogen-bond acceptors (Lipinski definition) is 5. The first-order valence-corrected chi connectivity index (χ1v) is 8.64. The number of nitrogens with zero attached hydrogens (tertiary/aromatic N) is 3. The predicted molar refractivity (Wildman–Crippen MR) is 97.8 cm³/mol. The molecule has 0 fully saturated rings. The van der Waals surface area contributed by atoms with E-state index >= 15 is 0 Å². The molecule has 1 amide bonds. The Hall–Kier alpha value is -2.80. The van der Waals surface area contributed by atoms with Crippen molar-refractivity contribution in [3.8, 4) is 5.75 Å². The van der Waals surface area contributed by atoms with Gasteiger partial charge in [0.15, 0.2) is 5.16 Å². The van der Waals surface area contributed by atoms with Crippen LogP contribution < -0.4 is 10.1 Å². The average Bonchev–Trinajstić information content (AvgIpc) is 3.00. The molecule has 128 valence electrons. The molecule has 1 N–H and O–H groups in total. The second-order valence-corrected chi connectivity index (χ2v) is 6.75. The first-order chi connectivity index (χ1) is 12.1. The van der Waals surface area contributed by atoms with Crippen molar-refractivity contribution in [2.45, 2.75) is 17.3 Å². The van der Waals surface area contributed by atoms with E-state index in [1.165, 1.54) is 0 Å². The quantitative estimate of drug-likeness (QED) is 0.693. The largest absolute Gasteiger partial charge is 0.417 e. The monoisotopic (exact) mass is 354 g/mol. The van der Waals surface area contributed by atoms with E-state index in [0.717, 1.165) is 10.7 Å². The van der Waals surface area contributed by atoms with Crippen molar-refractivity contribution in [3.05, 3.63) is 66.5 Å². The van der Waals surface area contributed by atoms with Gasteiger partial charge < -0.3 is 9.30 Å². The lowest BCUT2D eigenvalue weighted by molar-refractivity contribution is 0.215. The molecular weight excluding hydrogens is 336 g/mol. The van der Waals surface area contributed by atoms with Crippen molar-refractivity contribution < 1.29 is 9.53 Å². The van der Waals surface area contributed by atoms with Crippen LogP contribution in [0.15, 0.2) is 66.1 Å². The molecule has 6 nitrogen and oxygen atoms in total. The normalized spacial score (nSPS) is 11.8. The Bertz CT molecular complexity index is 851. The van der Waals surface area contributed by atoms with Gasteiger partial charge in [-0.15, -0.1) is 10.2 Å². The summed E-state index contributed by atoms with van der Waals surface area (Å²) in [6.07, 6.45) is 1.16. The van der Waals surface area contributed by atoms with Crippen LogP contribution in [0.3, 0.4) is 0 Å². The number of anilines is 1. The summed E-state index contributed by atoms with van der Waals surface area (Å²) in [6.45, 7) is 2.08. The number of aryl methyl sites for hydroxylation is 1. The molecular formula is C18H18N4O2S. The molecule has 3 aromatic rings. The van der Waals surface area contributed by atoms with Crippen molar-refractivity contribution in [1.82, 2.24) is 14.8 Å². The van der Waals surface area contributed by atoms with Crippen molar-refractivity contribution in [1.29, 1.82) is 0 Å². The fourth-order valence-electron chi connectivity index (χ4n) is 2.21. The second kappa shape index (κ2) is 7.85. The van der Waals surface area contributed by atoms with Crippen LogP contribution in [0.4, 0.5) is 10.5 Å². The van der Waals surface area contributed by atoms with E-state index in [4.69, 9.17) is 4.74 Å². The lowest BCUT2D eigenvalue weighted by Crippen LogP contribution is -2.16. The maximum absolute atomic E-state index is 12.0. The summed E-state index contributed by atoms with van der Waals surface area (Å²) in [4.78, 5) is 12.0. The van der Waals surface area contributed by atoms with Gasteiger partial charge in [0.1, 0.15) is 12.1 Å². The number of para-hydroxylation sites is 1. The van der Waals surface area contributed by atoms with Crippen molar-refractivity contribution in [3.63, 3.8) is 0 Å². The highest BCUT2D eigenvalue weighted by Crippen LogP contribution is 2.34. The summed E-state index contributed by atoms with van der Waals surface area (Å²) in [5.41, 5.74) is 1.76. The zero-order valence-electron chi connectivity index (χ0n) is 13.9. The minimum atomic E-state index is -0.517. The van der Waals surface area contributed by atoms with Gasteiger partial charge in [0.2, 0.25) is 0 Å². The number of ether oxygens (including phenoxy) is 1. The topological polar surface area (TPSA) is 69.0 Å². The van der Waals surface area contributed by atoms with Gasteiger partial charge in [-0.25, -0.2) is 4.79 Å². The van der Waals surface area contributed by atoms with E-state index in [1.54, 1.807) is 30.2 Å². The van der Waals surface area contributed by atoms with E-state index < -0.39 is 6.09 Å². The van der Waals surface area contributed by atoms with Gasteiger partial charge in [-0.05, 0) is 36.8 Å². The number of thioether (sulfide) groups is 1. The van der Waals surface area contributed by atoms with Gasteiger partial charge >= 0.3 is 6.09 Å². The van der Waals surface area contributed by atoms with Crippen LogP contribution in [-0.4, -0.2) is 20.9 Å². The van der Waals surface area contributed by atoms with Gasteiger partial charge in [-0.3, -0.25) is 5.32 Å². The van der Waals surface area contributed by atoms with Crippen LogP contribution >= 0.6 is 11.8 Å². The van der Waals surface area contributed by atoms with E-state index in [1.807, 2.05) is 54.1 Å². The zero-order chi connectivity index (χ0) is 17.6. The Morgan fingerprint density at radius 2 is 2.00 bits per heavy atom. The summed E-state index contributed by atoms with van der Waals surface area (Å²) in [5.74, 6) is 0.502. The zero-order valence-corrected chi connectivity index (χ0v) is 14.7. The SMILES string of the molecule is C[C@H](Sc1nncn1C)c1cccc(NC(=O)Oc2ccccc2)c1. The van der Waals surface area contributed by atoms with Crippen molar-refractivity contribution in [2.75, 3.05) is 5.32 Å². The highest BCUT2D eigenvalue weighted by molar-refractivity contribution is 7.99. The molecule has 1 heterocycles. The molecule has 0 radical (unpaired) electrons. The fourth-order valence-corrected chi connectivity index (χ4v) is 3.12. The maximum atomic E-state index is 12.0. The molecule has 1 atom stereocenters. The maximum Gasteiger partial charge on any atom is 0.417 e. The number of carbonyl (C=O) groups excluding carboxylic acids is 1. The van der Waals surface area contributed by atoms with Gasteiger partial charge in [0, 0.05) is 18.0 Å². The minimum absolute atomic E-state index is 0.162. The lowest BCUT2D eigenvalue weighted by atomic mass is 10.1. The molecule has 0 aliphatic carbocycles. The highest BCUT2D eigenvalue weighted by atomic mass is 32.2. The minimum Gasteiger partial charge on any atom is -0.410 e. The summed E-state index contributed by atoms with van der Waals surface area (Å²) < 4.78 is 7.12. The van der Waals surface area contributed by atoms with Gasteiger partial charge in [0.05, 0.1) is 0 Å². The van der Waals surface area contributed by atoms with Gasteiger partial charge in [-0.1, -0.05) is 42.1 Å². The Morgan fingerprint density at radius 1 is 1.20 bits per heavy atom. The molecule has 3 rings (SSSR count). The van der Waals surface area contributed by atoms with E-state index in [-0.39, 0.29) is 5.25 Å². The summed E-state index contributed by atoms with van der Waals surface area (Å²) in [5, 5.41) is 11.7. The summed E-state index contributed by atoms with van der Waals surface area (Å²) >= 11 is 1.61. The standard InChI is InChI=1S/C18H18N4O2S/c1-13(25-17-21-19-12-22(17)2)14-7-6-8-15(11-14)20-18(23)24-16-9-4-3-5-10-16/h3-13H,1-2H3,(H,20,23)/t13-/m0/s1. The first kappa shape index (κ1) is 17.0. The van der Waals surface area contributed by atoms with Crippen molar-refractivity contribution >= 4 is 23.5 Å². The molecule has 0 aliphatic rings. The molecule has 2 aromatic carbocycles. The molecule has 0 bridgehead atoms. The van der Waals surface area contributed by atoms with Crippen LogP contribution in [0, 0.1) is 0 Å². The average molecular weight is 354 g/mol. The number of hydrogen-bond donors (Lipinski definition) is 1. The highest BCUT2D eigenvalue weighted by Gasteiger charge is 2.12. The Kier molecular flexibility index (Phi) is 5.35. The molecule has 1 aromatic heterocycles. The van der Waals surface area contributed by atoms with Crippen LogP contribution in [0.5, 0.6) is 5.75 Å². The lowest BCUT2D eigenvalue weighted by Gasteiger charge is -2.13. The number of rotatable bonds is 5. The third-order valence-corrected chi connectivity index (χ3v) is 4.71. The number of aromatic nitrogens is 3. The third kappa shape index (κ3) is 4.60. The Balaban J connectivity index is 1.64. The summed E-state index contributed by atoms with van der Waals surface area (Å²) in [6, 6.07) is 16.6. The molecule has 0 unspecified atom stereocenters. The van der Waals surface area contributed by atoms with Crippen molar-refractivity contribution in [2.24, 2.45) is 7.05 Å². The molecule has 0 saturated carbocycles. The van der Waals surface area contributed by atoms with Crippen LogP contribution in [0.1, 0.15) is 17.7 Å². The Morgan fingerprint density at radius 3 is 2.72 bits per heavy atom. The number of benzene rings is 2. The van der Waals surface area contributed by atoms with E-state index in [2.05, 4.69) is 22.4 Å². The number of carbonyl (C=O) groups is 1. The van der Waals surface area contributed by atoms with Gasteiger partial charge in [-0.2, -0.15) is 0 Å². The Labute approximate surface area is 150 Å². The number of nitrogens with one attached hydrogen (secondary N) is 1. The third-order valence-electron chi connectivity index (χ3n) is 3.51. The smallest absolute Gasteiger partial charge is 0.410 e.